The molecule has 6 aliphatic rings. The Morgan fingerprint density at radius 3 is 2.10 bits per heavy atom. The Labute approximate surface area is 250 Å². The Hall–Kier alpha value is -2.63. The van der Waals surface area contributed by atoms with Crippen molar-refractivity contribution < 1.29 is 4.74 Å². The fourth-order valence-corrected chi connectivity index (χ4v) is 10.8. The molecule has 0 amide bonds. The van der Waals surface area contributed by atoms with Crippen LogP contribution in [-0.2, 0) is 4.74 Å². The molecule has 4 aliphatic carbocycles. The number of piperidine rings is 1. The molecule has 0 spiro atoms. The highest BCUT2D eigenvalue weighted by atomic mass is 16.5. The molecule has 5 nitrogen and oxygen atoms in total. The van der Waals surface area contributed by atoms with Gasteiger partial charge in [0.25, 0.3) is 0 Å². The topological polar surface area (TPSA) is 51.1 Å². The normalized spacial score (nSPS) is 39.0. The number of hydrogen-bond donors (Lipinski definition) is 0. The molecule has 218 valence electrons. The van der Waals surface area contributed by atoms with Gasteiger partial charge >= 0.3 is 0 Å². The Bertz CT molecular complexity index is 1360. The van der Waals surface area contributed by atoms with E-state index in [1.165, 1.54) is 77.0 Å². The van der Waals surface area contributed by atoms with Crippen molar-refractivity contribution in [1.82, 2.24) is 19.9 Å². The first kappa shape index (κ1) is 25.8. The standard InChI is InChI=1S/C37H44N4O/c1-3-10-24(11-4-1)35-38-36(25-12-5-2-6-13-25)40-37(39-35)26-18-20-29-28(22-26)27-15-9-14-23-19-21-32-34(33(23)27)41(29)30-16-7-8-17-31(30)42-32/h1-6,10-13,23,26-34H,7-9,14-22H2. The van der Waals surface area contributed by atoms with Crippen molar-refractivity contribution in [2.24, 2.45) is 23.7 Å². The maximum Gasteiger partial charge on any atom is 0.163 e. The smallest absolute Gasteiger partial charge is 0.163 e. The third kappa shape index (κ3) is 4.21. The lowest BCUT2D eigenvalue weighted by Crippen LogP contribution is -2.74. The van der Waals surface area contributed by atoms with E-state index in [0.29, 0.717) is 36.3 Å². The van der Waals surface area contributed by atoms with Gasteiger partial charge < -0.3 is 4.74 Å². The maximum atomic E-state index is 7.01. The van der Waals surface area contributed by atoms with E-state index in [0.717, 1.165) is 52.3 Å². The van der Waals surface area contributed by atoms with Crippen LogP contribution in [0.15, 0.2) is 60.7 Å². The van der Waals surface area contributed by atoms with Gasteiger partial charge in [0, 0.05) is 35.2 Å². The molecular weight excluding hydrogens is 516 g/mol. The lowest BCUT2D eigenvalue weighted by atomic mass is 9.52. The fraction of sp³-hybridized carbons (Fsp3) is 0.595. The van der Waals surface area contributed by atoms with Crippen LogP contribution < -0.4 is 0 Å². The molecule has 0 N–H and O–H groups in total. The molecule has 10 atom stereocenters. The minimum atomic E-state index is 0.402. The fourth-order valence-electron chi connectivity index (χ4n) is 10.8. The second kappa shape index (κ2) is 10.5. The molecule has 4 saturated carbocycles. The van der Waals surface area contributed by atoms with Crippen molar-refractivity contribution in [3.8, 4) is 22.8 Å². The van der Waals surface area contributed by atoms with Crippen LogP contribution >= 0.6 is 0 Å². The third-order valence-corrected chi connectivity index (χ3v) is 12.4. The highest BCUT2D eigenvalue weighted by Crippen LogP contribution is 2.60. The summed E-state index contributed by atoms with van der Waals surface area (Å²) < 4.78 is 7.01. The summed E-state index contributed by atoms with van der Waals surface area (Å²) in [6.45, 7) is 0. The molecule has 0 bridgehead atoms. The number of rotatable bonds is 3. The predicted molar refractivity (Wildman–Crippen MR) is 165 cm³/mol. The molecular formula is C37H44N4O. The van der Waals surface area contributed by atoms with Gasteiger partial charge in [-0.3, -0.25) is 4.90 Å². The van der Waals surface area contributed by atoms with Crippen molar-refractivity contribution in [2.45, 2.75) is 113 Å². The van der Waals surface area contributed by atoms with Crippen LogP contribution in [0.3, 0.4) is 0 Å². The van der Waals surface area contributed by atoms with Gasteiger partial charge in [0.1, 0.15) is 5.82 Å². The Balaban J connectivity index is 1.09. The van der Waals surface area contributed by atoms with Crippen molar-refractivity contribution in [2.75, 3.05) is 0 Å². The second-order valence-corrected chi connectivity index (χ2v) is 14.3. The van der Waals surface area contributed by atoms with E-state index in [-0.39, 0.29) is 0 Å². The minimum absolute atomic E-state index is 0.402. The van der Waals surface area contributed by atoms with Gasteiger partial charge in [0.05, 0.1) is 12.2 Å². The number of ether oxygens (including phenoxy) is 1. The quantitative estimate of drug-likeness (QED) is 0.329. The van der Waals surface area contributed by atoms with E-state index in [2.05, 4.69) is 65.6 Å². The number of fused-ring (bicyclic) bond motifs is 5. The van der Waals surface area contributed by atoms with Gasteiger partial charge in [-0.15, -0.1) is 0 Å². The average Bonchev–Trinajstić information content (AvgIpc) is 3.07. The largest absolute Gasteiger partial charge is 0.372 e. The third-order valence-electron chi connectivity index (χ3n) is 12.4. The summed E-state index contributed by atoms with van der Waals surface area (Å²) in [7, 11) is 0. The highest BCUT2D eigenvalue weighted by molar-refractivity contribution is 5.60. The Kier molecular flexibility index (Phi) is 6.47. The number of aromatic nitrogens is 3. The van der Waals surface area contributed by atoms with E-state index >= 15 is 0 Å². The molecule has 2 aliphatic heterocycles. The van der Waals surface area contributed by atoms with E-state index in [9.17, 15) is 0 Å². The monoisotopic (exact) mass is 560 g/mol. The summed E-state index contributed by atoms with van der Waals surface area (Å²) in [5.74, 6) is 6.39. The molecule has 42 heavy (non-hydrogen) atoms. The first-order valence-corrected chi connectivity index (χ1v) is 17.1. The second-order valence-electron chi connectivity index (χ2n) is 14.3. The summed E-state index contributed by atoms with van der Waals surface area (Å²) in [5, 5.41) is 0. The Morgan fingerprint density at radius 2 is 1.33 bits per heavy atom. The zero-order valence-electron chi connectivity index (χ0n) is 24.7. The molecule has 2 saturated heterocycles. The van der Waals surface area contributed by atoms with Crippen molar-refractivity contribution in [3.05, 3.63) is 66.5 Å². The number of morpholine rings is 1. The van der Waals surface area contributed by atoms with Gasteiger partial charge in [-0.1, -0.05) is 86.3 Å². The number of hydrogen-bond acceptors (Lipinski definition) is 5. The summed E-state index contributed by atoms with van der Waals surface area (Å²) >= 11 is 0. The highest BCUT2D eigenvalue weighted by Gasteiger charge is 2.61. The first-order chi connectivity index (χ1) is 20.8. The predicted octanol–water partition coefficient (Wildman–Crippen LogP) is 7.68. The molecule has 0 radical (unpaired) electrons. The summed E-state index contributed by atoms with van der Waals surface area (Å²) in [4.78, 5) is 18.6. The van der Waals surface area contributed by atoms with E-state index in [1.807, 2.05) is 0 Å². The van der Waals surface area contributed by atoms with Crippen LogP contribution in [0.1, 0.15) is 88.8 Å². The molecule has 3 heterocycles. The van der Waals surface area contributed by atoms with Crippen LogP contribution in [0.25, 0.3) is 22.8 Å². The van der Waals surface area contributed by atoms with Gasteiger partial charge in [-0.2, -0.15) is 0 Å². The van der Waals surface area contributed by atoms with Crippen LogP contribution in [0.5, 0.6) is 0 Å². The van der Waals surface area contributed by atoms with E-state index in [4.69, 9.17) is 19.7 Å². The SMILES string of the molecule is c1ccc(-c2nc(-c3ccccc3)nc(C3CCC4C(C3)C3CCCC5CCC6OC7CCCCC7N4C6C53)n2)cc1. The average molecular weight is 561 g/mol. The van der Waals surface area contributed by atoms with Crippen molar-refractivity contribution >= 4 is 0 Å². The Morgan fingerprint density at radius 1 is 0.595 bits per heavy atom. The van der Waals surface area contributed by atoms with Gasteiger partial charge in [0.2, 0.25) is 0 Å². The van der Waals surface area contributed by atoms with Crippen molar-refractivity contribution in [3.63, 3.8) is 0 Å². The lowest BCUT2D eigenvalue weighted by molar-refractivity contribution is -0.253. The molecule has 3 aromatic rings. The van der Waals surface area contributed by atoms with Gasteiger partial charge in [-0.05, 0) is 75.0 Å². The summed E-state index contributed by atoms with van der Waals surface area (Å²) in [6, 6.07) is 23.0. The molecule has 9 rings (SSSR count). The van der Waals surface area contributed by atoms with Gasteiger partial charge in [-0.25, -0.2) is 15.0 Å². The summed E-state index contributed by atoms with van der Waals surface area (Å²) in [6.07, 6.45) is 17.0. The zero-order chi connectivity index (χ0) is 27.6. The first-order valence-electron chi connectivity index (χ1n) is 17.1. The van der Waals surface area contributed by atoms with Crippen LogP contribution in [0.2, 0.25) is 0 Å². The van der Waals surface area contributed by atoms with Crippen LogP contribution in [0, 0.1) is 23.7 Å². The zero-order valence-corrected chi connectivity index (χ0v) is 24.7. The van der Waals surface area contributed by atoms with E-state index in [1.54, 1.807) is 0 Å². The van der Waals surface area contributed by atoms with Gasteiger partial charge in [0.15, 0.2) is 11.6 Å². The number of nitrogens with zero attached hydrogens (tertiary/aromatic N) is 4. The maximum absolute atomic E-state index is 7.01. The molecule has 6 fully saturated rings. The molecule has 1 aromatic heterocycles. The van der Waals surface area contributed by atoms with Crippen LogP contribution in [0.4, 0.5) is 0 Å². The summed E-state index contributed by atoms with van der Waals surface area (Å²) in [5.41, 5.74) is 2.15. The lowest BCUT2D eigenvalue weighted by Gasteiger charge is -2.68. The molecule has 10 unspecified atom stereocenters. The van der Waals surface area contributed by atoms with Crippen molar-refractivity contribution in [1.29, 1.82) is 0 Å². The number of benzene rings is 2. The van der Waals surface area contributed by atoms with Crippen LogP contribution in [-0.4, -0.2) is 50.2 Å². The molecule has 5 heteroatoms. The van der Waals surface area contributed by atoms with E-state index < -0.39 is 0 Å². The molecule has 2 aromatic carbocycles. The minimum Gasteiger partial charge on any atom is -0.372 e.